The van der Waals surface area contributed by atoms with E-state index in [1.165, 1.54) is 0 Å². The van der Waals surface area contributed by atoms with Gasteiger partial charge < -0.3 is 14.5 Å². The van der Waals surface area contributed by atoms with Gasteiger partial charge in [-0.25, -0.2) is 4.90 Å². The van der Waals surface area contributed by atoms with Crippen LogP contribution in [0.25, 0.3) is 0 Å². The number of imide groups is 1. The van der Waals surface area contributed by atoms with E-state index < -0.39 is 35.4 Å². The van der Waals surface area contributed by atoms with Gasteiger partial charge in [0.25, 0.3) is 5.91 Å². The van der Waals surface area contributed by atoms with Crippen molar-refractivity contribution in [1.82, 2.24) is 4.90 Å². The molecule has 8 heteroatoms. The summed E-state index contributed by atoms with van der Waals surface area (Å²) in [5.41, 5.74) is 1.43. The molecule has 1 fully saturated rings. The van der Waals surface area contributed by atoms with E-state index in [9.17, 15) is 14.4 Å². The van der Waals surface area contributed by atoms with Crippen LogP contribution in [0, 0.1) is 11.3 Å². The lowest BCUT2D eigenvalue weighted by atomic mass is 9.94. The first-order chi connectivity index (χ1) is 16.1. The lowest BCUT2D eigenvalue weighted by Crippen LogP contribution is -2.36. The molecule has 0 bridgehead atoms. The number of oxime groups is 1. The van der Waals surface area contributed by atoms with Gasteiger partial charge in [0.2, 0.25) is 12.0 Å². The summed E-state index contributed by atoms with van der Waals surface area (Å²) in [6.07, 6.45) is -1.69. The Kier molecular flexibility index (Phi) is 6.27. The highest BCUT2D eigenvalue weighted by Gasteiger charge is 2.56. The molecule has 0 aliphatic carbocycles. The van der Waals surface area contributed by atoms with Gasteiger partial charge in [-0.05, 0) is 40.9 Å². The van der Waals surface area contributed by atoms with Crippen molar-refractivity contribution >= 4 is 29.2 Å². The Hall–Kier alpha value is -3.52. The number of hydrogen-bond acceptors (Lipinski definition) is 7. The molecule has 2 heterocycles. The molecule has 8 nitrogen and oxygen atoms in total. The van der Waals surface area contributed by atoms with Crippen molar-refractivity contribution in [2.45, 2.75) is 33.0 Å². The molecule has 0 N–H and O–H groups in total. The number of fused-ring (bicyclic) bond motifs is 1. The summed E-state index contributed by atoms with van der Waals surface area (Å²) in [5.74, 6) is -2.09. The molecule has 178 valence electrons. The monoisotopic (exact) mass is 463 g/mol. The molecule has 1 saturated heterocycles. The Labute approximate surface area is 199 Å². The normalized spacial score (nSPS) is 20.8. The number of anilines is 1. The average Bonchev–Trinajstić information content (AvgIpc) is 3.33. The zero-order valence-electron chi connectivity index (χ0n) is 20.0. The number of ether oxygens (including phenoxy) is 1. The largest absolute Gasteiger partial charge is 0.456 e. The van der Waals surface area contributed by atoms with Crippen LogP contribution in [0.3, 0.4) is 0 Å². The number of hydrogen-bond donors (Lipinski definition) is 0. The summed E-state index contributed by atoms with van der Waals surface area (Å²) in [4.78, 5) is 48.1. The fourth-order valence-electron chi connectivity index (χ4n) is 4.06. The zero-order chi connectivity index (χ0) is 24.6. The fraction of sp³-hybridized carbons (Fsp3) is 0.385. The molecule has 34 heavy (non-hydrogen) atoms. The Morgan fingerprint density at radius 2 is 1.71 bits per heavy atom. The maximum Gasteiger partial charge on any atom is 0.311 e. The van der Waals surface area contributed by atoms with Gasteiger partial charge in [-0.3, -0.25) is 14.4 Å². The highest BCUT2D eigenvalue weighted by Crippen LogP contribution is 2.39. The first kappa shape index (κ1) is 23.6. The minimum Gasteiger partial charge on any atom is -0.456 e. The number of rotatable bonds is 6. The predicted molar refractivity (Wildman–Crippen MR) is 127 cm³/mol. The SMILES string of the molecule is CN(C)C[C@H](OC(=O)C(C)(C)C)c1ccccc1N1C(=O)[C@H]2C(c3ccccc3)=NO[C@H]2C1=O. The number of benzene rings is 2. The number of likely N-dealkylation sites (N-methyl/N-ethyl adjacent to an activating group) is 1. The second-order valence-corrected chi connectivity index (χ2v) is 9.82. The third-order valence-electron chi connectivity index (χ3n) is 5.80. The maximum absolute atomic E-state index is 13.6. The molecule has 0 spiro atoms. The maximum atomic E-state index is 13.6. The van der Waals surface area contributed by atoms with Gasteiger partial charge in [0.15, 0.2) is 0 Å². The van der Waals surface area contributed by atoms with Gasteiger partial charge in [-0.2, -0.15) is 0 Å². The van der Waals surface area contributed by atoms with E-state index in [1.807, 2.05) is 49.3 Å². The molecule has 2 aromatic rings. The van der Waals surface area contributed by atoms with Crippen LogP contribution in [0.5, 0.6) is 0 Å². The van der Waals surface area contributed by atoms with Crippen molar-refractivity contribution in [3.8, 4) is 0 Å². The van der Waals surface area contributed by atoms with Crippen LogP contribution in [-0.2, 0) is 24.0 Å². The van der Waals surface area contributed by atoms with E-state index in [0.717, 1.165) is 10.5 Å². The molecule has 0 aromatic heterocycles. The first-order valence-electron chi connectivity index (χ1n) is 11.2. The zero-order valence-corrected chi connectivity index (χ0v) is 20.0. The Morgan fingerprint density at radius 1 is 1.06 bits per heavy atom. The Bertz CT molecular complexity index is 1140. The summed E-state index contributed by atoms with van der Waals surface area (Å²) >= 11 is 0. The van der Waals surface area contributed by atoms with Gasteiger partial charge >= 0.3 is 5.97 Å². The third kappa shape index (κ3) is 4.33. The number of carbonyl (C=O) groups excluding carboxylic acids is 3. The number of carbonyl (C=O) groups is 3. The minimum atomic E-state index is -1.01. The number of nitrogens with zero attached hydrogens (tertiary/aromatic N) is 3. The topological polar surface area (TPSA) is 88.5 Å². The summed E-state index contributed by atoms with van der Waals surface area (Å²) in [6, 6.07) is 16.2. The van der Waals surface area contributed by atoms with Crippen molar-refractivity contribution in [3.05, 3.63) is 65.7 Å². The van der Waals surface area contributed by atoms with E-state index in [4.69, 9.17) is 9.57 Å². The number of esters is 1. The number of amides is 2. The molecule has 0 unspecified atom stereocenters. The summed E-state index contributed by atoms with van der Waals surface area (Å²) in [6.45, 7) is 5.73. The lowest BCUT2D eigenvalue weighted by Gasteiger charge is -2.29. The second kappa shape index (κ2) is 9.02. The molecule has 2 amide bonds. The summed E-state index contributed by atoms with van der Waals surface area (Å²) in [7, 11) is 3.74. The smallest absolute Gasteiger partial charge is 0.311 e. The van der Waals surface area contributed by atoms with Crippen LogP contribution < -0.4 is 4.90 Å². The third-order valence-corrected chi connectivity index (χ3v) is 5.80. The molecule has 4 rings (SSSR count). The van der Waals surface area contributed by atoms with Gasteiger partial charge in [0, 0.05) is 17.7 Å². The number of para-hydroxylation sites is 1. The Balaban J connectivity index is 1.71. The highest BCUT2D eigenvalue weighted by molar-refractivity contribution is 6.32. The molecular weight excluding hydrogens is 434 g/mol. The van der Waals surface area contributed by atoms with Crippen molar-refractivity contribution in [3.63, 3.8) is 0 Å². The molecule has 0 radical (unpaired) electrons. The molecular formula is C26H29N3O5. The van der Waals surface area contributed by atoms with E-state index in [-0.39, 0.29) is 5.97 Å². The summed E-state index contributed by atoms with van der Waals surface area (Å²) in [5, 5.41) is 4.06. The van der Waals surface area contributed by atoms with E-state index in [2.05, 4.69) is 5.16 Å². The predicted octanol–water partition coefficient (Wildman–Crippen LogP) is 3.17. The molecule has 2 aliphatic rings. The van der Waals surface area contributed by atoms with Crippen molar-refractivity contribution in [1.29, 1.82) is 0 Å². The van der Waals surface area contributed by atoms with E-state index in [1.54, 1.807) is 45.0 Å². The standard InChI is InChI=1S/C26H29N3O5/c1-26(2,3)25(32)33-19(15-28(4)5)17-13-9-10-14-18(17)29-23(30)20-21(16-11-7-6-8-12-16)27-34-22(20)24(29)31/h6-14,19-20,22H,15H2,1-5H3/t19-,20-,22+/m0/s1. The molecule has 2 aliphatic heterocycles. The van der Waals surface area contributed by atoms with Crippen molar-refractivity contribution in [2.75, 3.05) is 25.5 Å². The van der Waals surface area contributed by atoms with Crippen molar-refractivity contribution < 1.29 is 24.0 Å². The minimum absolute atomic E-state index is 0.369. The Morgan fingerprint density at radius 3 is 2.35 bits per heavy atom. The second-order valence-electron chi connectivity index (χ2n) is 9.82. The van der Waals surface area contributed by atoms with Gasteiger partial charge in [-0.15, -0.1) is 0 Å². The van der Waals surface area contributed by atoms with Gasteiger partial charge in [-0.1, -0.05) is 53.7 Å². The average molecular weight is 464 g/mol. The van der Waals surface area contributed by atoms with Crippen molar-refractivity contribution in [2.24, 2.45) is 16.5 Å². The molecule has 2 aromatic carbocycles. The van der Waals surface area contributed by atoms with Gasteiger partial charge in [0.05, 0.1) is 11.1 Å². The molecule has 3 atom stereocenters. The van der Waals surface area contributed by atoms with Crippen LogP contribution in [0.4, 0.5) is 5.69 Å². The fourth-order valence-corrected chi connectivity index (χ4v) is 4.06. The van der Waals surface area contributed by atoms with Crippen LogP contribution >= 0.6 is 0 Å². The first-order valence-corrected chi connectivity index (χ1v) is 11.2. The quantitative estimate of drug-likeness (QED) is 0.483. The van der Waals surface area contributed by atoms with E-state index in [0.29, 0.717) is 23.5 Å². The van der Waals surface area contributed by atoms with Crippen LogP contribution in [-0.4, -0.2) is 55.1 Å². The lowest BCUT2D eigenvalue weighted by molar-refractivity contribution is -0.159. The van der Waals surface area contributed by atoms with Gasteiger partial charge in [0.1, 0.15) is 17.7 Å². The highest BCUT2D eigenvalue weighted by atomic mass is 16.7. The van der Waals surface area contributed by atoms with Crippen LogP contribution in [0.2, 0.25) is 0 Å². The van der Waals surface area contributed by atoms with E-state index >= 15 is 0 Å². The molecule has 0 saturated carbocycles. The summed E-state index contributed by atoms with van der Waals surface area (Å²) < 4.78 is 5.88. The van der Waals surface area contributed by atoms with Crippen LogP contribution in [0.15, 0.2) is 59.8 Å². The van der Waals surface area contributed by atoms with Crippen LogP contribution in [0.1, 0.15) is 38.0 Å².